The van der Waals surface area contributed by atoms with Gasteiger partial charge in [0.2, 0.25) is 0 Å². The van der Waals surface area contributed by atoms with Gasteiger partial charge < -0.3 is 9.72 Å². The van der Waals surface area contributed by atoms with Crippen molar-refractivity contribution < 1.29 is 4.74 Å². The lowest BCUT2D eigenvalue weighted by Crippen LogP contribution is -2.10. The normalized spacial score (nSPS) is 11.6. The number of nitrogens with zero attached hydrogens (tertiary/aromatic N) is 1. The summed E-state index contributed by atoms with van der Waals surface area (Å²) >= 11 is 5.33. The van der Waals surface area contributed by atoms with Crippen LogP contribution in [-0.2, 0) is 5.41 Å². The van der Waals surface area contributed by atoms with E-state index in [0.717, 1.165) is 28.3 Å². The van der Waals surface area contributed by atoms with Gasteiger partial charge in [-0.05, 0) is 72.4 Å². The van der Waals surface area contributed by atoms with Crippen molar-refractivity contribution in [1.82, 2.24) is 9.55 Å². The fourth-order valence-corrected chi connectivity index (χ4v) is 3.03. The molecule has 130 valence electrons. The minimum atomic E-state index is 0.0962. The molecule has 0 saturated carbocycles. The van der Waals surface area contributed by atoms with Crippen molar-refractivity contribution in [2.24, 2.45) is 0 Å². The molecule has 1 N–H and O–H groups in total. The first-order valence-corrected chi connectivity index (χ1v) is 8.82. The number of hydrogen-bond acceptors (Lipinski definition) is 2. The fraction of sp³-hybridized carbons (Fsp3) is 0.286. The van der Waals surface area contributed by atoms with E-state index >= 15 is 0 Å². The molecule has 0 aliphatic heterocycles. The van der Waals surface area contributed by atoms with Crippen LogP contribution >= 0.6 is 12.2 Å². The molecule has 3 nitrogen and oxygen atoms in total. The third kappa shape index (κ3) is 3.69. The number of imidazole rings is 1. The summed E-state index contributed by atoms with van der Waals surface area (Å²) in [7, 11) is 0. The van der Waals surface area contributed by atoms with E-state index in [4.69, 9.17) is 17.0 Å². The summed E-state index contributed by atoms with van der Waals surface area (Å²) in [5.41, 5.74) is 4.61. The van der Waals surface area contributed by atoms with Crippen LogP contribution in [0.1, 0.15) is 37.5 Å². The highest BCUT2D eigenvalue weighted by molar-refractivity contribution is 7.71. The van der Waals surface area contributed by atoms with Gasteiger partial charge in [0.15, 0.2) is 4.77 Å². The van der Waals surface area contributed by atoms with Crippen molar-refractivity contribution in [3.05, 3.63) is 70.3 Å². The van der Waals surface area contributed by atoms with Crippen molar-refractivity contribution in [1.29, 1.82) is 0 Å². The van der Waals surface area contributed by atoms with Crippen molar-refractivity contribution in [2.45, 2.75) is 40.0 Å². The topological polar surface area (TPSA) is 29.9 Å². The van der Waals surface area contributed by atoms with Gasteiger partial charge in [0.25, 0.3) is 0 Å². The van der Waals surface area contributed by atoms with E-state index in [2.05, 4.69) is 63.9 Å². The minimum Gasteiger partial charge on any atom is -0.457 e. The summed E-state index contributed by atoms with van der Waals surface area (Å²) < 4.78 is 8.85. The molecule has 25 heavy (non-hydrogen) atoms. The summed E-state index contributed by atoms with van der Waals surface area (Å²) in [6.45, 7) is 10.7. The Hall–Kier alpha value is -2.33. The second-order valence-electron chi connectivity index (χ2n) is 7.42. The summed E-state index contributed by atoms with van der Waals surface area (Å²) in [5, 5.41) is 0. The zero-order chi connectivity index (χ0) is 18.2. The van der Waals surface area contributed by atoms with E-state index in [1.807, 2.05) is 29.1 Å². The zero-order valence-electron chi connectivity index (χ0n) is 15.4. The summed E-state index contributed by atoms with van der Waals surface area (Å²) in [5.74, 6) is 1.73. The molecular formula is C21H24N2OS. The highest BCUT2D eigenvalue weighted by Gasteiger charge is 2.15. The first kappa shape index (κ1) is 17.5. The lowest BCUT2D eigenvalue weighted by Gasteiger charge is -2.20. The molecule has 3 aromatic rings. The Morgan fingerprint density at radius 2 is 1.80 bits per heavy atom. The number of H-pyrrole nitrogens is 1. The van der Waals surface area contributed by atoms with E-state index in [0.29, 0.717) is 4.77 Å². The molecule has 2 aromatic carbocycles. The number of rotatable bonds is 3. The molecular weight excluding hydrogens is 328 g/mol. The molecule has 0 atom stereocenters. The smallest absolute Gasteiger partial charge is 0.181 e. The third-order valence-corrected chi connectivity index (χ3v) is 4.64. The van der Waals surface area contributed by atoms with Crippen molar-refractivity contribution in [2.75, 3.05) is 0 Å². The standard InChI is InChI=1S/C21H24N2OS/c1-14-12-19(15(2)11-18(14)23-10-9-22-20(23)25)24-17-8-6-7-16(13-17)21(3,4)5/h6-13H,1-5H3,(H,22,25). The number of ether oxygens (including phenoxy) is 1. The highest BCUT2D eigenvalue weighted by Crippen LogP contribution is 2.32. The third-order valence-electron chi connectivity index (χ3n) is 4.33. The van der Waals surface area contributed by atoms with Gasteiger partial charge in [-0.25, -0.2) is 0 Å². The van der Waals surface area contributed by atoms with Gasteiger partial charge in [0, 0.05) is 12.4 Å². The molecule has 1 heterocycles. The fourth-order valence-electron chi connectivity index (χ4n) is 2.81. The van der Waals surface area contributed by atoms with Crippen LogP contribution in [0.4, 0.5) is 0 Å². The molecule has 0 bridgehead atoms. The van der Waals surface area contributed by atoms with Crippen LogP contribution < -0.4 is 4.74 Å². The van der Waals surface area contributed by atoms with Gasteiger partial charge in [-0.3, -0.25) is 4.57 Å². The molecule has 0 radical (unpaired) electrons. The number of aromatic amines is 1. The van der Waals surface area contributed by atoms with Gasteiger partial charge in [-0.15, -0.1) is 0 Å². The van der Waals surface area contributed by atoms with E-state index in [1.54, 1.807) is 0 Å². The van der Waals surface area contributed by atoms with E-state index in [1.165, 1.54) is 5.56 Å². The Kier molecular flexibility index (Phi) is 4.56. The molecule has 0 amide bonds. The van der Waals surface area contributed by atoms with Crippen LogP contribution in [0.25, 0.3) is 5.69 Å². The van der Waals surface area contributed by atoms with Crippen LogP contribution in [-0.4, -0.2) is 9.55 Å². The molecule has 4 heteroatoms. The van der Waals surface area contributed by atoms with E-state index in [9.17, 15) is 0 Å². The monoisotopic (exact) mass is 352 g/mol. The Morgan fingerprint density at radius 3 is 2.44 bits per heavy atom. The SMILES string of the molecule is Cc1cc(-n2cc[nH]c2=S)c(C)cc1Oc1cccc(C(C)(C)C)c1. The number of nitrogens with one attached hydrogen (secondary N) is 1. The number of hydrogen-bond donors (Lipinski definition) is 1. The lowest BCUT2D eigenvalue weighted by molar-refractivity contribution is 0.474. The van der Waals surface area contributed by atoms with Crippen molar-refractivity contribution in [3.63, 3.8) is 0 Å². The number of aromatic nitrogens is 2. The van der Waals surface area contributed by atoms with Crippen LogP contribution in [0, 0.1) is 18.6 Å². The lowest BCUT2D eigenvalue weighted by atomic mass is 9.87. The highest BCUT2D eigenvalue weighted by atomic mass is 32.1. The van der Waals surface area contributed by atoms with Crippen LogP contribution in [0.5, 0.6) is 11.5 Å². The van der Waals surface area contributed by atoms with Gasteiger partial charge in [-0.1, -0.05) is 32.9 Å². The second kappa shape index (κ2) is 6.52. The molecule has 1 aromatic heterocycles. The van der Waals surface area contributed by atoms with Gasteiger partial charge in [-0.2, -0.15) is 0 Å². The Balaban J connectivity index is 1.96. The predicted molar refractivity (Wildman–Crippen MR) is 106 cm³/mol. The first-order chi connectivity index (χ1) is 11.8. The van der Waals surface area contributed by atoms with Crippen LogP contribution in [0.3, 0.4) is 0 Å². The molecule has 3 rings (SSSR count). The summed E-state index contributed by atoms with van der Waals surface area (Å²) in [6.07, 6.45) is 3.79. The Labute approximate surface area is 154 Å². The minimum absolute atomic E-state index is 0.0962. The Bertz CT molecular complexity index is 961. The van der Waals surface area contributed by atoms with Gasteiger partial charge in [0.1, 0.15) is 11.5 Å². The van der Waals surface area contributed by atoms with Crippen molar-refractivity contribution >= 4 is 12.2 Å². The second-order valence-corrected chi connectivity index (χ2v) is 7.81. The summed E-state index contributed by atoms with van der Waals surface area (Å²) in [4.78, 5) is 3.04. The molecule has 0 fully saturated rings. The number of benzene rings is 2. The average molecular weight is 353 g/mol. The maximum Gasteiger partial charge on any atom is 0.181 e. The molecule has 0 aliphatic carbocycles. The quantitative estimate of drug-likeness (QED) is 0.565. The first-order valence-electron chi connectivity index (χ1n) is 8.42. The van der Waals surface area contributed by atoms with E-state index in [-0.39, 0.29) is 5.41 Å². The molecule has 0 saturated heterocycles. The maximum absolute atomic E-state index is 6.19. The predicted octanol–water partition coefficient (Wildman–Crippen LogP) is 6.24. The van der Waals surface area contributed by atoms with Crippen molar-refractivity contribution in [3.8, 4) is 17.2 Å². The van der Waals surface area contributed by atoms with Gasteiger partial charge in [0.05, 0.1) is 5.69 Å². The summed E-state index contributed by atoms with van der Waals surface area (Å²) in [6, 6.07) is 12.5. The maximum atomic E-state index is 6.19. The number of aryl methyl sites for hydroxylation is 2. The Morgan fingerprint density at radius 1 is 1.04 bits per heavy atom. The molecule has 0 aliphatic rings. The van der Waals surface area contributed by atoms with Gasteiger partial charge >= 0.3 is 0 Å². The van der Waals surface area contributed by atoms with Crippen LogP contribution in [0.15, 0.2) is 48.8 Å². The van der Waals surface area contributed by atoms with Crippen LogP contribution in [0.2, 0.25) is 0 Å². The largest absolute Gasteiger partial charge is 0.457 e. The average Bonchev–Trinajstić information content (AvgIpc) is 2.96. The molecule has 0 spiro atoms. The zero-order valence-corrected chi connectivity index (χ0v) is 16.2. The van der Waals surface area contributed by atoms with E-state index < -0.39 is 0 Å². The molecule has 0 unspecified atom stereocenters.